The highest BCUT2D eigenvalue weighted by atomic mass is 35.5. The van der Waals surface area contributed by atoms with Gasteiger partial charge in [0.15, 0.2) is 0 Å². The van der Waals surface area contributed by atoms with E-state index in [1.165, 1.54) is 92.6 Å². The number of hydrogen-bond acceptors (Lipinski definition) is 17. The molecule has 31 heteroatoms. The SMILES string of the molecule is CN1CCCC(COc2ccc(C3c4[nH]c5ccc(Cl)cc5c4CCN3C(=O)OCc3ccccc3)cc2)C1.CN1CCCC(COc2ccc(C3c4[nH]c5ccc(Cl)cc5c4CCN3C(=O)Oc3ccc(Cl)cc3)cc2)C1.COCCOC(=O)N1CCc2c([nH]c3ccc(Cl)cc23)C1c1ccc(OCC2CCCN(C)C2)cc1.O=C(Oc1ccc(F)cc1)N1CCc2c([nH]c3ccc(Cl)cc23)C1c1ccc(OCC2CO2)cc1. The Morgan fingerprint density at radius 2 is 0.651 bits per heavy atom. The van der Waals surface area contributed by atoms with Crippen LogP contribution in [0.4, 0.5) is 23.6 Å². The van der Waals surface area contributed by atoms with Gasteiger partial charge in [-0.2, -0.15) is 0 Å². The summed E-state index contributed by atoms with van der Waals surface area (Å²) in [4.78, 5) is 81.8. The lowest BCUT2D eigenvalue weighted by atomic mass is 9.92. The number of benzene rings is 11. The van der Waals surface area contributed by atoms with Gasteiger partial charge in [-0.05, 0) is 325 Å². The summed E-state index contributed by atoms with van der Waals surface area (Å²) >= 11 is 31.3. The van der Waals surface area contributed by atoms with Crippen LogP contribution >= 0.6 is 58.0 Å². The molecule has 15 aromatic rings. The Morgan fingerprint density at radius 3 is 0.973 bits per heavy atom. The molecule has 8 atom stereocenters. The predicted octanol–water partition coefficient (Wildman–Crippen LogP) is 25.3. The molecule has 23 rings (SSSR count). The summed E-state index contributed by atoms with van der Waals surface area (Å²) in [5.41, 5.74) is 17.5. The van der Waals surface area contributed by atoms with Crippen molar-refractivity contribution in [3.63, 3.8) is 0 Å². The smallest absolute Gasteiger partial charge is 0.416 e. The second-order valence-electron chi connectivity index (χ2n) is 39.8. The first-order valence-electron chi connectivity index (χ1n) is 51.2. The average molecular weight is 2110 g/mol. The van der Waals surface area contributed by atoms with Crippen molar-refractivity contribution in [1.29, 1.82) is 0 Å². The minimum atomic E-state index is -0.504. The van der Waals surface area contributed by atoms with E-state index in [4.69, 9.17) is 105 Å². The number of epoxide rings is 1. The number of methoxy groups -OCH3 is 1. The third-order valence-corrected chi connectivity index (χ3v) is 30.5. The first kappa shape index (κ1) is 103. The standard InChI is InChI=1S/C32H34ClN3O3.C31H31Cl2N3O3.C28H34ClN3O4.C27H22ClFN2O4/c1-35-16-5-8-23(19-35)21-38-26-12-9-24(10-13-26)31-30-27(28-18-25(33)11-14-29(28)34-30)15-17-36(31)32(37)39-20-22-6-3-2-4-7-22;1-35-15-2-3-20(18-35)19-38-24-9-4-21(5-10-24)30-29-26(27-17-23(33)8-13-28(27)34-29)14-16-36(30)31(37)39-25-11-6-22(32)7-12-25;1-31-12-3-4-19(17-31)18-36-22-8-5-20(6-9-22)27-26-23(24-16-21(29)7-10-25(24)30-26)11-13-32(27)28(33)35-15-14-34-2;28-17-3-10-24-23(13-17)22-11-12-31(27(32)35-20-8-4-18(29)5-9-20)26(25(22)30-24)16-1-6-19(7-2-16)33-14-21-15-34-21/h2-4,6-7,9-14,18,23,31,34H,5,8,15-17,19-21H2,1H3;4-13,17,20,30,34H,2-3,14-16,18-19H2,1H3;5-10,16,19,27,30H,3-4,11-15,17-18H2,1-2H3;1-10,13,21,26,30H,11-12,14-15H2. The van der Waals surface area contributed by atoms with Crippen molar-refractivity contribution in [2.75, 3.05) is 140 Å². The molecule has 4 saturated heterocycles. The number of carbonyl (C=O) groups excluding carboxylic acids is 4. The van der Waals surface area contributed by atoms with E-state index in [-0.39, 0.29) is 55.4 Å². The zero-order chi connectivity index (χ0) is 103. The van der Waals surface area contributed by atoms with E-state index in [0.29, 0.717) is 107 Å². The number of nitrogens with zero attached hydrogens (tertiary/aromatic N) is 7. The molecular weight excluding hydrogens is 1990 g/mol. The van der Waals surface area contributed by atoms with Crippen LogP contribution in [0.25, 0.3) is 43.6 Å². The topological polar surface area (TPSA) is 250 Å². The molecule has 4 N–H and O–H groups in total. The maximum Gasteiger partial charge on any atom is 0.416 e. The molecular formula is C118H121Cl5FN11O14. The van der Waals surface area contributed by atoms with Gasteiger partial charge < -0.3 is 82.0 Å². The van der Waals surface area contributed by atoms with Crippen molar-refractivity contribution in [2.24, 2.45) is 17.8 Å². The molecule has 0 radical (unpaired) electrons. The first-order valence-corrected chi connectivity index (χ1v) is 53.1. The molecule has 11 aromatic carbocycles. The van der Waals surface area contributed by atoms with E-state index < -0.39 is 24.0 Å². The van der Waals surface area contributed by atoms with Gasteiger partial charge in [0.2, 0.25) is 0 Å². The minimum absolute atomic E-state index is 0.172. The Morgan fingerprint density at radius 1 is 0.349 bits per heavy atom. The van der Waals surface area contributed by atoms with Gasteiger partial charge in [0.05, 0.1) is 33.0 Å². The van der Waals surface area contributed by atoms with Crippen molar-refractivity contribution in [1.82, 2.24) is 54.2 Å². The monoisotopic (exact) mass is 2110 g/mol. The number of H-pyrrole nitrogens is 4. The van der Waals surface area contributed by atoms with Crippen molar-refractivity contribution < 1.29 is 70.9 Å². The van der Waals surface area contributed by atoms with E-state index >= 15 is 0 Å². The van der Waals surface area contributed by atoms with Crippen molar-refractivity contribution in [3.05, 3.63) is 352 Å². The van der Waals surface area contributed by atoms with Gasteiger partial charge in [-0.15, -0.1) is 0 Å². The fourth-order valence-corrected chi connectivity index (χ4v) is 22.7. The Balaban J connectivity index is 0.000000120. The molecule has 25 nitrogen and oxygen atoms in total. The lowest BCUT2D eigenvalue weighted by molar-refractivity contribution is 0.0629. The number of hydrogen-bond donors (Lipinski definition) is 4. The van der Waals surface area contributed by atoms with E-state index in [1.807, 2.05) is 181 Å². The van der Waals surface area contributed by atoms with E-state index in [1.54, 1.807) is 46.1 Å². The second-order valence-corrected chi connectivity index (χ2v) is 42.0. The Hall–Kier alpha value is -13.0. The number of rotatable bonds is 23. The van der Waals surface area contributed by atoms with Gasteiger partial charge in [0.1, 0.15) is 90.4 Å². The van der Waals surface area contributed by atoms with E-state index in [0.717, 1.165) is 182 Å². The van der Waals surface area contributed by atoms with Gasteiger partial charge in [-0.1, -0.05) is 137 Å². The van der Waals surface area contributed by atoms with Crippen LogP contribution in [0.3, 0.4) is 0 Å². The summed E-state index contributed by atoms with van der Waals surface area (Å²) < 4.78 is 70.5. The third-order valence-electron chi connectivity index (χ3n) is 29.3. The molecule has 8 aliphatic rings. The van der Waals surface area contributed by atoms with Crippen LogP contribution in [0.1, 0.15) is 136 Å². The largest absolute Gasteiger partial charge is 0.493 e. The number of halogens is 6. The van der Waals surface area contributed by atoms with E-state index in [2.05, 4.69) is 80.0 Å². The molecule has 4 aromatic heterocycles. The molecule has 0 aliphatic carbocycles. The maximum absolute atomic E-state index is 13.5. The lowest BCUT2D eigenvalue weighted by Crippen LogP contribution is -2.42. The third kappa shape index (κ3) is 24.9. The minimum Gasteiger partial charge on any atom is -0.493 e. The van der Waals surface area contributed by atoms with Crippen molar-refractivity contribution in [3.8, 4) is 34.5 Å². The summed E-state index contributed by atoms with van der Waals surface area (Å²) in [5.74, 6) is 5.27. The van der Waals surface area contributed by atoms with Crippen LogP contribution in [0, 0.1) is 23.6 Å². The normalized spacial score (nSPS) is 19.6. The number of amides is 4. The lowest BCUT2D eigenvalue weighted by Gasteiger charge is -2.35. The van der Waals surface area contributed by atoms with Crippen LogP contribution in [0.5, 0.6) is 34.5 Å². The van der Waals surface area contributed by atoms with Gasteiger partial charge in [-0.25, -0.2) is 23.6 Å². The Labute approximate surface area is 890 Å². The Kier molecular flexibility index (Phi) is 32.9. The quantitative estimate of drug-likeness (QED) is 0.0343. The highest BCUT2D eigenvalue weighted by Gasteiger charge is 2.42. The second kappa shape index (κ2) is 47.5. The Bertz CT molecular complexity index is 7180. The molecule has 8 unspecified atom stereocenters. The van der Waals surface area contributed by atoms with Crippen LogP contribution < -0.4 is 28.4 Å². The van der Waals surface area contributed by atoms with Crippen LogP contribution in [0.15, 0.2) is 249 Å². The molecule has 149 heavy (non-hydrogen) atoms. The highest BCUT2D eigenvalue weighted by molar-refractivity contribution is 6.32. The predicted molar refractivity (Wildman–Crippen MR) is 580 cm³/mol. The number of aromatic amines is 4. The molecule has 0 bridgehead atoms. The molecule has 12 heterocycles. The van der Waals surface area contributed by atoms with Gasteiger partial charge in [0, 0.05) is 162 Å². The van der Waals surface area contributed by atoms with E-state index in [9.17, 15) is 23.6 Å². The fraction of sp³-hybridized carbons (Fsp3) is 0.339. The number of ether oxygens (including phenoxy) is 10. The number of likely N-dealkylation sites (tertiary alicyclic amines) is 3. The van der Waals surface area contributed by atoms with Crippen LogP contribution in [-0.4, -0.2) is 225 Å². The van der Waals surface area contributed by atoms with Crippen LogP contribution in [0.2, 0.25) is 25.1 Å². The zero-order valence-corrected chi connectivity index (χ0v) is 87.5. The molecule has 8 aliphatic heterocycles. The van der Waals surface area contributed by atoms with Crippen molar-refractivity contribution >= 4 is 126 Å². The number of fused-ring (bicyclic) bond motifs is 12. The van der Waals surface area contributed by atoms with Crippen molar-refractivity contribution in [2.45, 2.75) is 101 Å². The molecule has 4 fully saturated rings. The summed E-state index contributed by atoms with van der Waals surface area (Å²) in [6, 6.07) is 76.1. The van der Waals surface area contributed by atoms with Gasteiger partial charge in [-0.3, -0.25) is 19.6 Å². The number of carbonyl (C=O) groups is 4. The number of piperidine rings is 3. The highest BCUT2D eigenvalue weighted by Crippen LogP contribution is 2.47. The maximum atomic E-state index is 13.5. The summed E-state index contributed by atoms with van der Waals surface area (Å²) in [6.45, 7) is 13.0. The summed E-state index contributed by atoms with van der Waals surface area (Å²) in [6.07, 6.45) is 8.64. The van der Waals surface area contributed by atoms with Gasteiger partial charge in [0.25, 0.3) is 0 Å². The summed E-state index contributed by atoms with van der Waals surface area (Å²) in [7, 11) is 8.11. The average Bonchev–Trinajstić information content (AvgIpc) is 1.62. The zero-order valence-electron chi connectivity index (χ0n) is 83.7. The fourth-order valence-electron chi connectivity index (χ4n) is 21.8. The van der Waals surface area contributed by atoms with Gasteiger partial charge >= 0.3 is 24.4 Å². The molecule has 774 valence electrons. The molecule has 0 saturated carbocycles. The summed E-state index contributed by atoms with van der Waals surface area (Å²) in [5, 5.41) is 7.70. The first-order chi connectivity index (χ1) is 72.6. The van der Waals surface area contributed by atoms with Crippen LogP contribution in [-0.2, 0) is 51.2 Å². The number of nitrogens with one attached hydrogen (secondary N) is 4. The molecule has 0 spiro atoms. The molecule has 4 amide bonds. The number of aromatic nitrogens is 4.